The van der Waals surface area contributed by atoms with Gasteiger partial charge in [-0.05, 0) is 88.4 Å². The van der Waals surface area contributed by atoms with Gasteiger partial charge in [0.05, 0.1) is 0 Å². The van der Waals surface area contributed by atoms with Crippen molar-refractivity contribution in [1.82, 2.24) is 0 Å². The van der Waals surface area contributed by atoms with E-state index in [2.05, 4.69) is 219 Å². The van der Waals surface area contributed by atoms with E-state index in [4.69, 9.17) is 4.42 Å². The Bertz CT molecular complexity index is 3990. The predicted octanol–water partition coefficient (Wildman–Crippen LogP) is -22.9. The molecule has 0 aliphatic rings. The molecule has 22 heteroatoms. The maximum absolute atomic E-state index is 7.22. The molecule has 0 N–H and O–H groups in total. The van der Waals surface area contributed by atoms with Crippen molar-refractivity contribution in [3.05, 3.63) is 54.6 Å². The van der Waals surface area contributed by atoms with E-state index in [-0.39, 0.29) is 0 Å². The van der Waals surface area contributed by atoms with Crippen molar-refractivity contribution in [2.45, 2.75) is 0 Å². The van der Waals surface area contributed by atoms with Gasteiger partial charge in [-0.25, -0.2) is 0 Å². The van der Waals surface area contributed by atoms with Gasteiger partial charge >= 0.3 is 0 Å². The normalized spacial score (nSPS) is 11.8. The second kappa shape index (κ2) is 17.0. The lowest BCUT2D eigenvalue weighted by molar-refractivity contribution is 0.675. The van der Waals surface area contributed by atoms with E-state index in [9.17, 15) is 0 Å². The van der Waals surface area contributed by atoms with Crippen LogP contribution in [-0.2, 0) is 0 Å². The van der Waals surface area contributed by atoms with Crippen molar-refractivity contribution in [2.75, 3.05) is 0 Å². The molecule has 0 amide bonds. The monoisotopic (exact) mass is 875 g/mol. The van der Waals surface area contributed by atoms with E-state index in [1.54, 1.807) is 0 Å². The zero-order valence-corrected chi connectivity index (χ0v) is 46.1. The fraction of sp³-hybridized carbons (Fsp3) is 0. The van der Waals surface area contributed by atoms with E-state index in [1.165, 1.54) is 202 Å². The summed E-state index contributed by atoms with van der Waals surface area (Å²) in [6.45, 7) is 0. The smallest absolute Gasteiger partial charge is 0.145 e. The molecule has 0 aliphatic carbocycles. The van der Waals surface area contributed by atoms with E-state index in [0.717, 1.165) is 11.2 Å². The van der Waals surface area contributed by atoms with Crippen molar-refractivity contribution in [3.8, 4) is 44.5 Å². The number of hydrogen-bond donors (Lipinski definition) is 0. The highest BCUT2D eigenvalue weighted by molar-refractivity contribution is 6.75. The van der Waals surface area contributed by atoms with Crippen LogP contribution in [0, 0.1) is 0 Å². The first-order valence-electron chi connectivity index (χ1n) is 25.6. The van der Waals surface area contributed by atoms with Crippen molar-refractivity contribution in [1.29, 1.82) is 0 Å². The van der Waals surface area contributed by atoms with Crippen LogP contribution >= 0.6 is 0 Å². The van der Waals surface area contributed by atoms with Crippen LogP contribution in [0.4, 0.5) is 0 Å². The Morgan fingerprint density at radius 3 is 0.971 bits per heavy atom. The van der Waals surface area contributed by atoms with Crippen LogP contribution in [0.25, 0.3) is 98.8 Å². The Hall–Kier alpha value is -5.08. The summed E-state index contributed by atoms with van der Waals surface area (Å²) in [7, 11) is 49.5. The fourth-order valence-electron chi connectivity index (χ4n) is 13.5. The average Bonchev–Trinajstić information content (AvgIpc) is 3.76. The molecule has 0 bridgehead atoms. The van der Waals surface area contributed by atoms with Crippen molar-refractivity contribution >= 4 is 334 Å². The van der Waals surface area contributed by atoms with E-state index < -0.39 is 0 Å². The molecule has 0 spiro atoms. The SMILES string of the molecule is Bc1c(B)c(B)c2c(oc3c(B)c(-c4c5c(B)c(B)c(B)c(B)c5c(-c5c(B)c(B)c6c(B)c(-c7cccc(-c8ccccc8)c7)c(B)c(B)c6c5B)c5c(B)c(B)c(B)c(B)c45)c(B)c(B)c32)c1B. The number of furan rings is 1. The molecule has 70 heavy (non-hydrogen) atoms. The Morgan fingerprint density at radius 1 is 0.200 bits per heavy atom. The van der Waals surface area contributed by atoms with Crippen LogP contribution in [0.15, 0.2) is 59.0 Å². The maximum atomic E-state index is 7.22. The third kappa shape index (κ3) is 6.48. The molecule has 0 saturated carbocycles. The second-order valence-corrected chi connectivity index (χ2v) is 21.7. The second-order valence-electron chi connectivity index (χ2n) is 21.7. The topological polar surface area (TPSA) is 13.1 Å². The van der Waals surface area contributed by atoms with Gasteiger partial charge < -0.3 is 4.42 Å². The van der Waals surface area contributed by atoms with Crippen LogP contribution in [0.1, 0.15) is 0 Å². The number of rotatable bonds is 4. The minimum absolute atomic E-state index is 1.02. The van der Waals surface area contributed by atoms with Crippen LogP contribution in [0.2, 0.25) is 0 Å². The third-order valence-corrected chi connectivity index (χ3v) is 18.8. The molecule has 9 aromatic carbocycles. The van der Waals surface area contributed by atoms with E-state index in [1.807, 2.05) is 0 Å². The minimum atomic E-state index is 1.02. The van der Waals surface area contributed by atoms with Crippen LogP contribution in [0.5, 0.6) is 0 Å². The first-order chi connectivity index (χ1) is 33.1. The lowest BCUT2D eigenvalue weighted by atomic mass is 9.56. The summed E-state index contributed by atoms with van der Waals surface area (Å²) in [6.07, 6.45) is 0. The van der Waals surface area contributed by atoms with Gasteiger partial charge in [-0.1, -0.05) is 130 Å². The Balaban J connectivity index is 1.40. The summed E-state index contributed by atoms with van der Waals surface area (Å²) < 4.78 is 7.22. The van der Waals surface area contributed by atoms with Crippen LogP contribution in [-0.4, -0.2) is 165 Å². The van der Waals surface area contributed by atoms with Gasteiger partial charge in [0.25, 0.3) is 0 Å². The van der Waals surface area contributed by atoms with E-state index >= 15 is 0 Å². The highest BCUT2D eigenvalue weighted by Crippen LogP contribution is 2.40. The lowest BCUT2D eigenvalue weighted by Crippen LogP contribution is -2.51. The quantitative estimate of drug-likeness (QED) is 0.127. The standard InChI is InChI=1S/C48H51B21O/c49-26-13(12-8-4-7-11(9-12)10-5-2-1-3-6-10)28(51)35(58)23-22(26)36(59)33(56)20(27(23)50)14-16-18(31(54)42(65)40(63)29(16)52)15(19-17(14)30(53)41(64)43(66)32(19)55)21-34(57)37(60)24-25-38(61)44(67)45(68)46(69)48(25)70-47(24)39(21)62/h1-9H,49-69H2. The Labute approximate surface area is 434 Å². The third-order valence-electron chi connectivity index (χ3n) is 18.8. The molecule has 1 nitrogen and oxygen atoms in total. The zero-order valence-electron chi connectivity index (χ0n) is 46.1. The molecule has 0 fully saturated rings. The summed E-state index contributed by atoms with van der Waals surface area (Å²) in [6, 6.07) is 20.0. The van der Waals surface area contributed by atoms with Gasteiger partial charge in [-0.3, -0.25) is 0 Å². The number of hydrogen-bond acceptors (Lipinski definition) is 1. The molecular weight excluding hydrogens is 820 g/mol. The minimum Gasteiger partial charge on any atom is -0.457 e. The van der Waals surface area contributed by atoms with Crippen LogP contribution < -0.4 is 115 Å². The summed E-state index contributed by atoms with van der Waals surface area (Å²) in [4.78, 5) is 0. The molecule has 312 valence electrons. The largest absolute Gasteiger partial charge is 0.457 e. The average molecular weight is 871 g/mol. The molecule has 1 heterocycles. The van der Waals surface area contributed by atoms with Crippen molar-refractivity contribution in [3.63, 3.8) is 0 Å². The number of fused-ring (bicyclic) bond motifs is 6. The molecular formula is C48H51B21O. The highest BCUT2D eigenvalue weighted by atomic mass is 16.3. The Kier molecular flexibility index (Phi) is 11.8. The van der Waals surface area contributed by atoms with Gasteiger partial charge in [-0.15, -0.1) is 27.3 Å². The van der Waals surface area contributed by atoms with E-state index in [0.29, 0.717) is 0 Å². The summed E-state index contributed by atoms with van der Waals surface area (Å²) in [5, 5.41) is 10.9. The molecule has 10 aromatic rings. The van der Waals surface area contributed by atoms with Crippen molar-refractivity contribution < 1.29 is 4.42 Å². The van der Waals surface area contributed by atoms with Crippen molar-refractivity contribution in [2.24, 2.45) is 0 Å². The summed E-state index contributed by atoms with van der Waals surface area (Å²) in [5.41, 5.74) is 40.9. The molecule has 0 radical (unpaired) electrons. The van der Waals surface area contributed by atoms with Gasteiger partial charge in [0, 0.05) is 10.8 Å². The highest BCUT2D eigenvalue weighted by Gasteiger charge is 2.31. The maximum Gasteiger partial charge on any atom is 0.145 e. The predicted molar refractivity (Wildman–Crippen MR) is 380 cm³/mol. The molecule has 0 aliphatic heterocycles. The van der Waals surface area contributed by atoms with Gasteiger partial charge in [0.15, 0.2) is 0 Å². The van der Waals surface area contributed by atoms with Gasteiger partial charge in [0.1, 0.15) is 176 Å². The molecule has 10 rings (SSSR count). The lowest BCUT2D eigenvalue weighted by Gasteiger charge is -2.32. The zero-order chi connectivity index (χ0) is 50.6. The summed E-state index contributed by atoms with van der Waals surface area (Å²) in [5.74, 6) is 0. The fourth-order valence-corrected chi connectivity index (χ4v) is 13.5. The van der Waals surface area contributed by atoms with Crippen LogP contribution in [0.3, 0.4) is 0 Å². The molecule has 0 unspecified atom stereocenters. The summed E-state index contributed by atoms with van der Waals surface area (Å²) >= 11 is 0. The first-order valence-corrected chi connectivity index (χ1v) is 25.6. The van der Waals surface area contributed by atoms with Gasteiger partial charge in [0.2, 0.25) is 0 Å². The first kappa shape index (κ1) is 48.5. The number of benzene rings is 9. The molecule has 1 aromatic heterocycles. The van der Waals surface area contributed by atoms with Gasteiger partial charge in [-0.2, -0.15) is 0 Å². The Morgan fingerprint density at radius 2 is 0.514 bits per heavy atom. The molecule has 0 saturated heterocycles. The molecule has 0 atom stereocenters.